The number of thioether (sulfide) groups is 1. The summed E-state index contributed by atoms with van der Waals surface area (Å²) < 4.78 is 1.67. The van der Waals surface area contributed by atoms with Gasteiger partial charge >= 0.3 is 5.69 Å². The number of fused-ring (bicyclic) bond motifs is 1. The number of aromatic amines is 2. The Kier molecular flexibility index (Phi) is 4.46. The molecule has 0 spiro atoms. The van der Waals surface area contributed by atoms with Gasteiger partial charge in [0.2, 0.25) is 5.88 Å². The van der Waals surface area contributed by atoms with Crippen LogP contribution in [0.1, 0.15) is 35.9 Å². The summed E-state index contributed by atoms with van der Waals surface area (Å²) in [6, 6.07) is 2.22. The van der Waals surface area contributed by atoms with Crippen molar-refractivity contribution in [1.82, 2.24) is 29.9 Å². The van der Waals surface area contributed by atoms with E-state index in [2.05, 4.69) is 20.4 Å². The first-order valence-corrected chi connectivity index (χ1v) is 10.4. The fourth-order valence-corrected chi connectivity index (χ4v) is 4.44. The Balaban J connectivity index is 1.63. The van der Waals surface area contributed by atoms with E-state index in [0.717, 1.165) is 18.5 Å². The van der Waals surface area contributed by atoms with Crippen LogP contribution in [-0.4, -0.2) is 48.7 Å². The third kappa shape index (κ3) is 3.41. The van der Waals surface area contributed by atoms with Gasteiger partial charge in [0.1, 0.15) is 5.69 Å². The molecule has 5 rings (SSSR count). The largest absolute Gasteiger partial charge is 0.493 e. The van der Waals surface area contributed by atoms with Gasteiger partial charge in [-0.1, -0.05) is 6.08 Å². The van der Waals surface area contributed by atoms with Crippen molar-refractivity contribution in [1.29, 1.82) is 0 Å². The Labute approximate surface area is 173 Å². The van der Waals surface area contributed by atoms with Crippen molar-refractivity contribution in [2.75, 3.05) is 7.05 Å². The van der Waals surface area contributed by atoms with Crippen molar-refractivity contribution < 1.29 is 9.90 Å². The van der Waals surface area contributed by atoms with Gasteiger partial charge in [-0.3, -0.25) is 14.8 Å². The average Bonchev–Trinajstić information content (AvgIpc) is 3.12. The zero-order chi connectivity index (χ0) is 20.8. The number of nitrogens with one attached hydrogen (secondary N) is 3. The SMILES string of the molecule is CNC(=O)C1=CCC(c2cc(=NC3CC3)n3ncc(=Cc4[nH]c(=O)[nH]c4O)c3n2)S1. The predicted molar refractivity (Wildman–Crippen MR) is 111 cm³/mol. The van der Waals surface area contributed by atoms with Gasteiger partial charge in [0.25, 0.3) is 5.91 Å². The number of imidazole rings is 1. The van der Waals surface area contributed by atoms with E-state index in [9.17, 15) is 14.7 Å². The van der Waals surface area contributed by atoms with Crippen molar-refractivity contribution >= 4 is 29.4 Å². The lowest BCUT2D eigenvalue weighted by atomic mass is 10.2. The number of carbonyl (C=O) groups is 1. The predicted octanol–water partition coefficient (Wildman–Crippen LogP) is -0.130. The monoisotopic (exact) mass is 425 g/mol. The minimum atomic E-state index is -0.497. The van der Waals surface area contributed by atoms with Crippen molar-refractivity contribution in [3.63, 3.8) is 0 Å². The third-order valence-electron chi connectivity index (χ3n) is 4.96. The topological polar surface area (TPSA) is 141 Å². The van der Waals surface area contributed by atoms with Crippen LogP contribution >= 0.6 is 11.8 Å². The van der Waals surface area contributed by atoms with Crippen LogP contribution < -0.4 is 21.7 Å². The number of likely N-dealkylation sites (N-methyl/N-ethyl adjacent to an activating group) is 1. The number of aromatic nitrogens is 5. The number of hydrogen-bond acceptors (Lipinski definition) is 7. The van der Waals surface area contributed by atoms with Crippen molar-refractivity contribution in [2.45, 2.75) is 30.6 Å². The molecule has 10 nitrogen and oxygen atoms in total. The van der Waals surface area contributed by atoms with Gasteiger partial charge in [-0.15, -0.1) is 11.8 Å². The normalized spacial score (nSPS) is 20.2. The van der Waals surface area contributed by atoms with E-state index in [-0.39, 0.29) is 22.7 Å². The molecule has 1 fully saturated rings. The zero-order valence-electron chi connectivity index (χ0n) is 16.0. The Bertz CT molecular complexity index is 1360. The lowest BCUT2D eigenvalue weighted by Gasteiger charge is -2.10. The minimum absolute atomic E-state index is 0.00123. The van der Waals surface area contributed by atoms with E-state index in [4.69, 9.17) is 9.98 Å². The summed E-state index contributed by atoms with van der Waals surface area (Å²) in [5.74, 6) is -0.346. The first-order valence-electron chi connectivity index (χ1n) is 9.56. The van der Waals surface area contributed by atoms with E-state index in [1.165, 1.54) is 11.8 Å². The van der Waals surface area contributed by atoms with Gasteiger partial charge in [-0.05, 0) is 25.3 Å². The van der Waals surface area contributed by atoms with Crippen LogP contribution in [0.4, 0.5) is 0 Å². The van der Waals surface area contributed by atoms with Crippen LogP contribution in [0.5, 0.6) is 5.88 Å². The number of hydrogen-bond donors (Lipinski definition) is 4. The van der Waals surface area contributed by atoms with E-state index >= 15 is 0 Å². The molecule has 3 aromatic heterocycles. The van der Waals surface area contributed by atoms with Crippen LogP contribution in [0.3, 0.4) is 0 Å². The zero-order valence-corrected chi connectivity index (χ0v) is 16.9. The van der Waals surface area contributed by atoms with E-state index in [1.807, 2.05) is 12.1 Å². The fourth-order valence-electron chi connectivity index (χ4n) is 3.29. The first-order chi connectivity index (χ1) is 14.5. The van der Waals surface area contributed by atoms with Gasteiger partial charge < -0.3 is 15.4 Å². The highest BCUT2D eigenvalue weighted by atomic mass is 32.2. The quantitative estimate of drug-likeness (QED) is 0.459. The van der Waals surface area contributed by atoms with Gasteiger partial charge in [0, 0.05) is 18.3 Å². The minimum Gasteiger partial charge on any atom is -0.493 e. The molecule has 2 aliphatic rings. The van der Waals surface area contributed by atoms with Gasteiger partial charge in [-0.2, -0.15) is 9.61 Å². The molecule has 0 radical (unpaired) electrons. The Morgan fingerprint density at radius 1 is 1.43 bits per heavy atom. The molecule has 1 aliphatic heterocycles. The number of rotatable bonds is 4. The molecule has 0 bridgehead atoms. The number of allylic oxidation sites excluding steroid dienone is 1. The van der Waals surface area contributed by atoms with E-state index in [0.29, 0.717) is 33.7 Å². The molecule has 4 heterocycles. The number of H-pyrrole nitrogens is 2. The number of nitrogens with zero attached hydrogens (tertiary/aromatic N) is 4. The molecule has 0 saturated heterocycles. The summed E-state index contributed by atoms with van der Waals surface area (Å²) in [5.41, 5.74) is 1.84. The molecule has 154 valence electrons. The molecule has 4 N–H and O–H groups in total. The van der Waals surface area contributed by atoms with Crippen molar-refractivity contribution in [3.8, 4) is 5.88 Å². The molecule has 1 saturated carbocycles. The third-order valence-corrected chi connectivity index (χ3v) is 6.29. The summed E-state index contributed by atoms with van der Waals surface area (Å²) in [4.78, 5) is 38.5. The Hall–Kier alpha value is -3.34. The van der Waals surface area contributed by atoms with Gasteiger partial charge in [0.15, 0.2) is 11.1 Å². The van der Waals surface area contributed by atoms with Crippen molar-refractivity contribution in [2.24, 2.45) is 4.99 Å². The molecular weight excluding hydrogens is 406 g/mol. The summed E-state index contributed by atoms with van der Waals surface area (Å²) in [6.45, 7) is 0. The Morgan fingerprint density at radius 2 is 2.27 bits per heavy atom. The van der Waals surface area contributed by atoms with Crippen molar-refractivity contribution in [3.05, 3.63) is 55.8 Å². The first kappa shape index (κ1) is 18.7. The van der Waals surface area contributed by atoms with E-state index in [1.54, 1.807) is 23.8 Å². The lowest BCUT2D eigenvalue weighted by molar-refractivity contribution is -0.116. The van der Waals surface area contributed by atoms with Gasteiger partial charge in [0.05, 0.1) is 28.1 Å². The molecule has 1 amide bonds. The smallest absolute Gasteiger partial charge is 0.326 e. The maximum Gasteiger partial charge on any atom is 0.326 e. The van der Waals surface area contributed by atoms with E-state index < -0.39 is 5.69 Å². The summed E-state index contributed by atoms with van der Waals surface area (Å²) >= 11 is 1.48. The number of amides is 1. The molecule has 1 aliphatic carbocycles. The molecule has 3 aromatic rings. The molecular formula is C19H19N7O3S. The molecule has 0 aromatic carbocycles. The molecule has 1 atom stereocenters. The standard InChI is InChI=1S/C19H19N7O3S/c1-20-18(28)14-5-4-13(30-14)11-7-15(22-10-2-3-10)26-16(23-11)9(8-21-26)6-12-17(27)25-19(29)24-12/h5-8,10,13,27H,2-4H2,1H3,(H,20,28)(H2,24,25,29). The Morgan fingerprint density at radius 3 is 2.97 bits per heavy atom. The van der Waals surface area contributed by atoms with Crippen LogP contribution in [0.2, 0.25) is 0 Å². The molecule has 11 heteroatoms. The van der Waals surface area contributed by atoms with Crippen LogP contribution in [0.25, 0.3) is 11.7 Å². The highest BCUT2D eigenvalue weighted by Gasteiger charge is 2.26. The highest BCUT2D eigenvalue weighted by molar-refractivity contribution is 8.04. The maximum absolute atomic E-state index is 12.0. The average molecular weight is 425 g/mol. The molecule has 30 heavy (non-hydrogen) atoms. The maximum atomic E-state index is 12.0. The lowest BCUT2D eigenvalue weighted by Crippen LogP contribution is -2.21. The second-order valence-electron chi connectivity index (χ2n) is 7.21. The van der Waals surface area contributed by atoms with Gasteiger partial charge in [-0.25, -0.2) is 9.78 Å². The second-order valence-corrected chi connectivity index (χ2v) is 8.45. The number of carbonyl (C=O) groups excluding carboxylic acids is 1. The summed E-state index contributed by atoms with van der Waals surface area (Å²) in [5, 5.41) is 17.6. The summed E-state index contributed by atoms with van der Waals surface area (Å²) in [7, 11) is 1.61. The number of aromatic hydroxyl groups is 1. The fraction of sp³-hybridized carbons (Fsp3) is 0.316. The molecule has 1 unspecified atom stereocenters. The summed E-state index contributed by atoms with van der Waals surface area (Å²) in [6.07, 6.45) is 7.96. The van der Waals surface area contributed by atoms with Crippen LogP contribution in [0, 0.1) is 0 Å². The highest BCUT2D eigenvalue weighted by Crippen LogP contribution is 2.42. The van der Waals surface area contributed by atoms with Crippen LogP contribution in [0.15, 0.2) is 33.0 Å². The second kappa shape index (κ2) is 7.17. The van der Waals surface area contributed by atoms with Crippen LogP contribution in [-0.2, 0) is 4.79 Å².